The van der Waals surface area contributed by atoms with E-state index in [4.69, 9.17) is 4.98 Å². The fourth-order valence-electron chi connectivity index (χ4n) is 2.82. The number of hydrogen-bond donors (Lipinski definition) is 1. The van der Waals surface area contributed by atoms with Gasteiger partial charge in [-0.2, -0.15) is 0 Å². The predicted molar refractivity (Wildman–Crippen MR) is 96.4 cm³/mol. The van der Waals surface area contributed by atoms with Gasteiger partial charge in [-0.1, -0.05) is 24.3 Å². The maximum Gasteiger partial charge on any atom is 0.261 e. The van der Waals surface area contributed by atoms with Crippen LogP contribution < -0.4 is 5.56 Å². The summed E-state index contributed by atoms with van der Waals surface area (Å²) in [4.78, 5) is 21.8. The minimum Gasteiger partial charge on any atom is -0.508 e. The van der Waals surface area contributed by atoms with Gasteiger partial charge in [-0.15, -0.1) is 0 Å². The van der Waals surface area contributed by atoms with Crippen LogP contribution in [0.5, 0.6) is 5.75 Å². The summed E-state index contributed by atoms with van der Waals surface area (Å²) in [5.74, 6) is 0.793. The standard InChI is InChI=1S/C20H15N3O2/c24-16-7-5-14(6-8-16)13-23-19(15-9-11-21-12-10-15)22-18-4-2-1-3-17(18)20(23)25/h1-12,24H,13H2. The molecule has 5 heteroatoms. The molecule has 4 aromatic rings. The lowest BCUT2D eigenvalue weighted by atomic mass is 10.1. The first-order chi connectivity index (χ1) is 12.2. The third-order valence-electron chi connectivity index (χ3n) is 4.08. The Morgan fingerprint density at radius 3 is 2.40 bits per heavy atom. The zero-order valence-electron chi connectivity index (χ0n) is 13.3. The molecule has 0 spiro atoms. The summed E-state index contributed by atoms with van der Waals surface area (Å²) in [6.07, 6.45) is 3.36. The minimum atomic E-state index is -0.0921. The number of phenols is 1. The van der Waals surface area contributed by atoms with E-state index >= 15 is 0 Å². The van der Waals surface area contributed by atoms with E-state index in [1.165, 1.54) is 0 Å². The average Bonchev–Trinajstić information content (AvgIpc) is 2.66. The normalized spacial score (nSPS) is 10.9. The van der Waals surface area contributed by atoms with Crippen molar-refractivity contribution in [2.75, 3.05) is 0 Å². The van der Waals surface area contributed by atoms with E-state index in [9.17, 15) is 9.90 Å². The van der Waals surface area contributed by atoms with Crippen molar-refractivity contribution in [1.82, 2.24) is 14.5 Å². The number of para-hydroxylation sites is 1. The molecule has 0 saturated heterocycles. The summed E-state index contributed by atoms with van der Waals surface area (Å²) >= 11 is 0. The Morgan fingerprint density at radius 1 is 0.920 bits per heavy atom. The number of rotatable bonds is 3. The van der Waals surface area contributed by atoms with Crippen LogP contribution in [0.25, 0.3) is 22.3 Å². The number of fused-ring (bicyclic) bond motifs is 1. The second kappa shape index (κ2) is 6.20. The molecular weight excluding hydrogens is 314 g/mol. The Bertz CT molecular complexity index is 1090. The molecule has 0 aliphatic carbocycles. The number of nitrogens with zero attached hydrogens (tertiary/aromatic N) is 3. The second-order valence-electron chi connectivity index (χ2n) is 5.75. The molecule has 2 heterocycles. The number of hydrogen-bond acceptors (Lipinski definition) is 4. The van der Waals surface area contributed by atoms with Crippen LogP contribution in [-0.4, -0.2) is 19.6 Å². The van der Waals surface area contributed by atoms with E-state index in [0.717, 1.165) is 11.1 Å². The number of pyridine rings is 1. The molecule has 2 aromatic carbocycles. The van der Waals surface area contributed by atoms with Crippen LogP contribution in [0, 0.1) is 0 Å². The van der Waals surface area contributed by atoms with Crippen LogP contribution in [0.2, 0.25) is 0 Å². The average molecular weight is 329 g/mol. The van der Waals surface area contributed by atoms with E-state index in [1.54, 1.807) is 47.3 Å². The van der Waals surface area contributed by atoms with Crippen molar-refractivity contribution in [3.8, 4) is 17.1 Å². The molecule has 0 saturated carbocycles. The van der Waals surface area contributed by atoms with Crippen molar-refractivity contribution in [1.29, 1.82) is 0 Å². The summed E-state index contributed by atoms with van der Waals surface area (Å²) in [5, 5.41) is 10.0. The Hall–Kier alpha value is -3.47. The van der Waals surface area contributed by atoms with Gasteiger partial charge in [-0.25, -0.2) is 4.98 Å². The van der Waals surface area contributed by atoms with Gasteiger partial charge in [0.1, 0.15) is 11.6 Å². The van der Waals surface area contributed by atoms with Gasteiger partial charge in [0.15, 0.2) is 0 Å². The second-order valence-corrected chi connectivity index (χ2v) is 5.75. The summed E-state index contributed by atoms with van der Waals surface area (Å²) in [5.41, 5.74) is 2.32. The van der Waals surface area contributed by atoms with Gasteiger partial charge in [0.05, 0.1) is 17.4 Å². The first-order valence-electron chi connectivity index (χ1n) is 7.90. The van der Waals surface area contributed by atoms with Crippen molar-refractivity contribution in [3.63, 3.8) is 0 Å². The number of benzene rings is 2. The first-order valence-corrected chi connectivity index (χ1v) is 7.90. The van der Waals surface area contributed by atoms with Crippen LogP contribution >= 0.6 is 0 Å². The van der Waals surface area contributed by atoms with Crippen LogP contribution in [0.15, 0.2) is 77.9 Å². The quantitative estimate of drug-likeness (QED) is 0.627. The fraction of sp³-hybridized carbons (Fsp3) is 0.0500. The molecule has 1 N–H and O–H groups in total. The summed E-state index contributed by atoms with van der Waals surface area (Å²) in [6, 6.07) is 17.8. The number of aromatic hydroxyl groups is 1. The smallest absolute Gasteiger partial charge is 0.261 e. The maximum atomic E-state index is 13.1. The molecule has 0 bridgehead atoms. The molecule has 122 valence electrons. The van der Waals surface area contributed by atoms with Gasteiger partial charge >= 0.3 is 0 Å². The molecule has 4 rings (SSSR count). The highest BCUT2D eigenvalue weighted by atomic mass is 16.3. The van der Waals surface area contributed by atoms with Crippen LogP contribution in [0.1, 0.15) is 5.56 Å². The van der Waals surface area contributed by atoms with Gasteiger partial charge in [-0.05, 0) is 42.0 Å². The molecule has 0 aliphatic rings. The monoisotopic (exact) mass is 329 g/mol. The Morgan fingerprint density at radius 2 is 1.64 bits per heavy atom. The summed E-state index contributed by atoms with van der Waals surface area (Å²) in [7, 11) is 0. The van der Waals surface area contributed by atoms with E-state index < -0.39 is 0 Å². The molecule has 0 radical (unpaired) electrons. The Labute approximate surface area is 143 Å². The zero-order valence-corrected chi connectivity index (χ0v) is 13.3. The molecule has 5 nitrogen and oxygen atoms in total. The topological polar surface area (TPSA) is 68.0 Å². The van der Waals surface area contributed by atoms with E-state index in [-0.39, 0.29) is 11.3 Å². The minimum absolute atomic E-state index is 0.0921. The van der Waals surface area contributed by atoms with E-state index in [2.05, 4.69) is 4.98 Å². The van der Waals surface area contributed by atoms with Gasteiger partial charge < -0.3 is 5.11 Å². The molecular formula is C20H15N3O2. The van der Waals surface area contributed by atoms with Crippen LogP contribution in [-0.2, 0) is 6.54 Å². The molecule has 0 unspecified atom stereocenters. The van der Waals surface area contributed by atoms with Gasteiger partial charge in [0, 0.05) is 18.0 Å². The number of phenolic OH excluding ortho intramolecular Hbond substituents is 1. The van der Waals surface area contributed by atoms with Crippen molar-refractivity contribution >= 4 is 10.9 Å². The SMILES string of the molecule is O=c1c2ccccc2nc(-c2ccncc2)n1Cc1ccc(O)cc1. The largest absolute Gasteiger partial charge is 0.508 e. The summed E-state index contributed by atoms with van der Waals surface area (Å²) < 4.78 is 1.66. The Balaban J connectivity index is 1.95. The highest BCUT2D eigenvalue weighted by molar-refractivity contribution is 5.79. The molecule has 0 amide bonds. The fourth-order valence-corrected chi connectivity index (χ4v) is 2.82. The van der Waals surface area contributed by atoms with Gasteiger partial charge in [-0.3, -0.25) is 14.3 Å². The third-order valence-corrected chi connectivity index (χ3v) is 4.08. The molecule has 25 heavy (non-hydrogen) atoms. The van der Waals surface area contributed by atoms with E-state index in [1.807, 2.05) is 30.3 Å². The molecule has 2 aromatic heterocycles. The molecule has 0 aliphatic heterocycles. The lowest BCUT2D eigenvalue weighted by Crippen LogP contribution is -2.24. The van der Waals surface area contributed by atoms with Crippen LogP contribution in [0.3, 0.4) is 0 Å². The maximum absolute atomic E-state index is 13.1. The lowest BCUT2D eigenvalue weighted by Gasteiger charge is -2.14. The van der Waals surface area contributed by atoms with Crippen molar-refractivity contribution < 1.29 is 5.11 Å². The van der Waals surface area contributed by atoms with Gasteiger partial charge in [0.2, 0.25) is 0 Å². The predicted octanol–water partition coefficient (Wildman–Crippen LogP) is 3.21. The van der Waals surface area contributed by atoms with Crippen molar-refractivity contribution in [2.24, 2.45) is 0 Å². The van der Waals surface area contributed by atoms with Crippen molar-refractivity contribution in [3.05, 3.63) is 89.0 Å². The summed E-state index contributed by atoms with van der Waals surface area (Å²) in [6.45, 7) is 0.370. The Kier molecular flexibility index (Phi) is 3.74. The van der Waals surface area contributed by atoms with Gasteiger partial charge in [0.25, 0.3) is 5.56 Å². The van der Waals surface area contributed by atoms with E-state index in [0.29, 0.717) is 23.3 Å². The first kappa shape index (κ1) is 15.1. The lowest BCUT2D eigenvalue weighted by molar-refractivity contribution is 0.475. The van der Waals surface area contributed by atoms with Crippen LogP contribution in [0.4, 0.5) is 0 Å². The third kappa shape index (κ3) is 2.87. The highest BCUT2D eigenvalue weighted by Crippen LogP contribution is 2.20. The molecule has 0 atom stereocenters. The highest BCUT2D eigenvalue weighted by Gasteiger charge is 2.13. The molecule has 0 fully saturated rings. The zero-order chi connectivity index (χ0) is 17.2. The van der Waals surface area contributed by atoms with Crippen molar-refractivity contribution in [2.45, 2.75) is 6.54 Å². The number of aromatic nitrogens is 3.